The number of Topliss-reactive ketones (excluding diaryl/α,β-unsaturated/α-hetero) is 1. The fourth-order valence-corrected chi connectivity index (χ4v) is 6.39. The van der Waals surface area contributed by atoms with Crippen molar-refractivity contribution in [2.75, 3.05) is 0 Å². The Morgan fingerprint density at radius 3 is 2.53 bits per heavy atom. The van der Waals surface area contributed by atoms with E-state index in [0.717, 1.165) is 48.4 Å². The molecule has 1 atom stereocenters. The molecule has 0 spiro atoms. The molecule has 1 unspecified atom stereocenters. The van der Waals surface area contributed by atoms with Crippen LogP contribution in [0.15, 0.2) is 24.4 Å². The van der Waals surface area contributed by atoms with Gasteiger partial charge in [0.05, 0.1) is 23.0 Å². The normalized spacial score (nSPS) is 25.4. The average molecular weight is 432 g/mol. The molecule has 1 aromatic heterocycles. The van der Waals surface area contributed by atoms with Gasteiger partial charge in [-0.2, -0.15) is 5.26 Å². The van der Waals surface area contributed by atoms with Crippen molar-refractivity contribution in [1.29, 1.82) is 5.26 Å². The van der Waals surface area contributed by atoms with Gasteiger partial charge < -0.3 is 4.74 Å². The van der Waals surface area contributed by atoms with Crippen LogP contribution < -0.4 is 4.74 Å². The number of carbonyl (C=O) groups excluding carboxylic acids is 1. The Hall–Kier alpha value is -2.74. The van der Waals surface area contributed by atoms with Crippen LogP contribution in [0.4, 0.5) is 0 Å². The zero-order valence-corrected chi connectivity index (χ0v) is 20.0. The fourth-order valence-electron chi connectivity index (χ4n) is 6.39. The van der Waals surface area contributed by atoms with Crippen LogP contribution in [0.2, 0.25) is 0 Å². The van der Waals surface area contributed by atoms with E-state index in [0.29, 0.717) is 17.2 Å². The molecule has 5 heteroatoms. The molecule has 2 aliphatic rings. The van der Waals surface area contributed by atoms with E-state index in [1.54, 1.807) is 6.20 Å². The molecule has 0 radical (unpaired) electrons. The van der Waals surface area contributed by atoms with Crippen LogP contribution in [0.25, 0.3) is 0 Å². The Bertz CT molecular complexity index is 1080. The second-order valence-corrected chi connectivity index (χ2v) is 10.8. The highest BCUT2D eigenvalue weighted by Crippen LogP contribution is 2.62. The van der Waals surface area contributed by atoms with E-state index in [9.17, 15) is 10.1 Å². The molecule has 32 heavy (non-hydrogen) atoms. The van der Waals surface area contributed by atoms with Crippen molar-refractivity contribution in [2.24, 2.45) is 22.7 Å². The lowest BCUT2D eigenvalue weighted by molar-refractivity contribution is -0.201. The predicted molar refractivity (Wildman–Crippen MR) is 124 cm³/mol. The van der Waals surface area contributed by atoms with E-state index in [1.165, 1.54) is 0 Å². The summed E-state index contributed by atoms with van der Waals surface area (Å²) in [7, 11) is 0. The maximum Gasteiger partial charge on any atom is 0.186 e. The number of hydrogen-bond acceptors (Lipinski definition) is 5. The van der Waals surface area contributed by atoms with Gasteiger partial charge in [0.15, 0.2) is 5.78 Å². The summed E-state index contributed by atoms with van der Waals surface area (Å²) in [5.41, 5.74) is 3.93. The van der Waals surface area contributed by atoms with Gasteiger partial charge in [0.2, 0.25) is 0 Å². The van der Waals surface area contributed by atoms with Crippen LogP contribution in [0, 0.1) is 47.8 Å². The molecule has 4 rings (SSSR count). The fraction of sp³-hybridized carbons (Fsp3) is 0.556. The summed E-state index contributed by atoms with van der Waals surface area (Å²) in [6, 6.07) is 7.90. The highest BCUT2D eigenvalue weighted by atomic mass is 16.5. The number of fused-ring (bicyclic) bond motifs is 1. The van der Waals surface area contributed by atoms with E-state index in [-0.39, 0.29) is 28.6 Å². The Balaban J connectivity index is 1.43. The van der Waals surface area contributed by atoms with Crippen molar-refractivity contribution < 1.29 is 9.53 Å². The lowest BCUT2D eigenvalue weighted by Crippen LogP contribution is -2.65. The van der Waals surface area contributed by atoms with Gasteiger partial charge in [-0.05, 0) is 69.2 Å². The van der Waals surface area contributed by atoms with Crippen molar-refractivity contribution in [3.05, 3.63) is 52.6 Å². The first-order chi connectivity index (χ1) is 15.1. The predicted octanol–water partition coefficient (Wildman–Crippen LogP) is 5.62. The molecule has 0 bridgehead atoms. The molecule has 0 aliphatic heterocycles. The molecule has 0 N–H and O–H groups in total. The van der Waals surface area contributed by atoms with Crippen LogP contribution in [0.3, 0.4) is 0 Å². The number of hydrogen-bond donors (Lipinski definition) is 0. The zero-order chi connectivity index (χ0) is 23.3. The van der Waals surface area contributed by atoms with Gasteiger partial charge in [-0.3, -0.25) is 9.78 Å². The first-order valence-electron chi connectivity index (χ1n) is 11.6. The van der Waals surface area contributed by atoms with Crippen LogP contribution in [0.1, 0.15) is 80.0 Å². The third-order valence-electron chi connectivity index (χ3n) is 7.82. The highest BCUT2D eigenvalue weighted by Gasteiger charge is 2.62. The topological polar surface area (TPSA) is 75.9 Å². The molecule has 1 saturated carbocycles. The largest absolute Gasteiger partial charge is 0.489 e. The number of benzene rings is 1. The number of nitriles is 1. The molecule has 2 aromatic rings. The van der Waals surface area contributed by atoms with Gasteiger partial charge >= 0.3 is 0 Å². The molecule has 168 valence electrons. The second-order valence-electron chi connectivity index (χ2n) is 10.8. The Morgan fingerprint density at radius 2 is 1.88 bits per heavy atom. The molecule has 1 aromatic carbocycles. The Labute approximate surface area is 191 Å². The van der Waals surface area contributed by atoms with Gasteiger partial charge in [0, 0.05) is 22.9 Å². The van der Waals surface area contributed by atoms with E-state index in [4.69, 9.17) is 4.74 Å². The smallest absolute Gasteiger partial charge is 0.186 e. The molecular weight excluding hydrogens is 398 g/mol. The summed E-state index contributed by atoms with van der Waals surface area (Å²) < 4.78 is 6.47. The number of rotatable bonds is 5. The molecule has 1 heterocycles. The first-order valence-corrected chi connectivity index (χ1v) is 11.6. The van der Waals surface area contributed by atoms with Crippen molar-refractivity contribution >= 4 is 5.78 Å². The van der Waals surface area contributed by atoms with Crippen LogP contribution >= 0.6 is 0 Å². The SMILES string of the molecule is Cc1cnc2c(n1)CCC(CCC1C(C)(C)C(Oc3ccc(C#N)c(C)c3)C1(C)C)C2=O. The van der Waals surface area contributed by atoms with Gasteiger partial charge in [-0.1, -0.05) is 27.7 Å². The van der Waals surface area contributed by atoms with E-state index in [1.807, 2.05) is 32.0 Å². The first kappa shape index (κ1) is 22.5. The number of aryl methyl sites for hydroxylation is 3. The van der Waals surface area contributed by atoms with Gasteiger partial charge in [0.1, 0.15) is 17.5 Å². The van der Waals surface area contributed by atoms with Crippen molar-refractivity contribution in [3.8, 4) is 11.8 Å². The van der Waals surface area contributed by atoms with Crippen molar-refractivity contribution in [2.45, 2.75) is 73.3 Å². The maximum atomic E-state index is 13.0. The molecule has 2 aliphatic carbocycles. The minimum Gasteiger partial charge on any atom is -0.489 e. The summed E-state index contributed by atoms with van der Waals surface area (Å²) in [5.74, 6) is 1.47. The summed E-state index contributed by atoms with van der Waals surface area (Å²) in [4.78, 5) is 21.9. The standard InChI is InChI=1S/C27H33N3O2/c1-16-13-20(10-7-19(16)14-28)32-25-26(3,4)22(27(25,5)6)12-9-18-8-11-21-23(24(18)31)29-15-17(2)30-21/h7,10,13,15,18,22,25H,8-9,11-12H2,1-6H3. The second kappa shape index (κ2) is 7.99. The average Bonchev–Trinajstić information content (AvgIpc) is 2.73. The van der Waals surface area contributed by atoms with Gasteiger partial charge in [-0.25, -0.2) is 4.98 Å². The Morgan fingerprint density at radius 1 is 1.16 bits per heavy atom. The summed E-state index contributed by atoms with van der Waals surface area (Å²) >= 11 is 0. The monoisotopic (exact) mass is 431 g/mol. The third-order valence-corrected chi connectivity index (χ3v) is 7.82. The number of aromatic nitrogens is 2. The number of ketones is 1. The Kier molecular flexibility index (Phi) is 5.61. The number of carbonyl (C=O) groups is 1. The quantitative estimate of drug-likeness (QED) is 0.614. The summed E-state index contributed by atoms with van der Waals surface area (Å²) in [5, 5.41) is 9.18. The third kappa shape index (κ3) is 3.70. The van der Waals surface area contributed by atoms with Gasteiger partial charge in [-0.15, -0.1) is 0 Å². The minimum absolute atomic E-state index is 0.00214. The van der Waals surface area contributed by atoms with Crippen LogP contribution in [-0.2, 0) is 6.42 Å². The van der Waals surface area contributed by atoms with Gasteiger partial charge in [0.25, 0.3) is 0 Å². The zero-order valence-electron chi connectivity index (χ0n) is 20.0. The van der Waals surface area contributed by atoms with E-state index >= 15 is 0 Å². The summed E-state index contributed by atoms with van der Waals surface area (Å²) in [6.45, 7) is 13.0. The lowest BCUT2D eigenvalue weighted by Gasteiger charge is -2.63. The van der Waals surface area contributed by atoms with E-state index < -0.39 is 0 Å². The van der Waals surface area contributed by atoms with Crippen LogP contribution in [-0.4, -0.2) is 21.9 Å². The lowest BCUT2D eigenvalue weighted by atomic mass is 9.44. The summed E-state index contributed by atoms with van der Waals surface area (Å²) in [6.07, 6.45) is 5.35. The minimum atomic E-state index is -0.00214. The molecule has 0 saturated heterocycles. The molecule has 1 fully saturated rings. The van der Waals surface area contributed by atoms with E-state index in [2.05, 4.69) is 43.7 Å². The molecule has 0 amide bonds. The number of nitrogens with zero attached hydrogens (tertiary/aromatic N) is 3. The van der Waals surface area contributed by atoms with Crippen LogP contribution in [0.5, 0.6) is 5.75 Å². The number of ether oxygens (including phenoxy) is 1. The maximum absolute atomic E-state index is 13.0. The van der Waals surface area contributed by atoms with Crippen molar-refractivity contribution in [1.82, 2.24) is 9.97 Å². The van der Waals surface area contributed by atoms with Crippen molar-refractivity contribution in [3.63, 3.8) is 0 Å². The molecular formula is C27H33N3O2. The molecule has 5 nitrogen and oxygen atoms in total. The highest BCUT2D eigenvalue weighted by molar-refractivity contribution is 5.97.